The predicted octanol–water partition coefficient (Wildman–Crippen LogP) is 2.80. The molecule has 0 saturated carbocycles. The Kier molecular flexibility index (Phi) is 7.72. The molecule has 1 aliphatic rings. The number of hydrogen-bond acceptors (Lipinski definition) is 7. The van der Waals surface area contributed by atoms with Crippen LogP contribution in [0.15, 0.2) is 33.9 Å². The summed E-state index contributed by atoms with van der Waals surface area (Å²) in [4.78, 5) is 28.9. The zero-order valence-corrected chi connectivity index (χ0v) is 19.5. The van der Waals surface area contributed by atoms with Crippen LogP contribution in [0, 0.1) is 0 Å². The van der Waals surface area contributed by atoms with Crippen molar-refractivity contribution in [1.29, 1.82) is 0 Å². The minimum absolute atomic E-state index is 0.0257. The van der Waals surface area contributed by atoms with E-state index in [1.165, 1.54) is 11.8 Å². The zero-order valence-electron chi connectivity index (χ0n) is 18.7. The fraction of sp³-hybridized carbons (Fsp3) is 0.545. The van der Waals surface area contributed by atoms with Crippen molar-refractivity contribution in [3.05, 3.63) is 35.7 Å². The Hall–Kier alpha value is -2.39. The molecule has 0 bridgehead atoms. The van der Waals surface area contributed by atoms with Crippen LogP contribution in [0.5, 0.6) is 0 Å². The third kappa shape index (κ3) is 6.54. The lowest BCUT2D eigenvalue weighted by Crippen LogP contribution is -2.50. The van der Waals surface area contributed by atoms with Crippen LogP contribution in [-0.4, -0.2) is 70.3 Å². The SMILES string of the molecule is CCc1ccccc1NC(=O)CN1CCN(C(=O)CSc2nnc(C(C)(C)C)o2)CC1. The number of amides is 2. The quantitative estimate of drug-likeness (QED) is 0.655. The van der Waals surface area contributed by atoms with Gasteiger partial charge in [0.25, 0.3) is 5.22 Å². The molecule has 31 heavy (non-hydrogen) atoms. The molecular weight excluding hydrogens is 414 g/mol. The molecule has 1 fully saturated rings. The van der Waals surface area contributed by atoms with Crippen LogP contribution < -0.4 is 5.32 Å². The number of para-hydroxylation sites is 1. The second kappa shape index (κ2) is 10.3. The van der Waals surface area contributed by atoms with Crippen molar-refractivity contribution in [2.45, 2.75) is 44.8 Å². The Balaban J connectivity index is 1.41. The summed E-state index contributed by atoms with van der Waals surface area (Å²) in [7, 11) is 0. The van der Waals surface area contributed by atoms with E-state index in [0.717, 1.165) is 17.7 Å². The molecule has 2 amide bonds. The van der Waals surface area contributed by atoms with Gasteiger partial charge in [-0.15, -0.1) is 10.2 Å². The van der Waals surface area contributed by atoms with Gasteiger partial charge in [0, 0.05) is 37.3 Å². The normalized spacial score (nSPS) is 15.2. The Morgan fingerprint density at radius 3 is 2.48 bits per heavy atom. The van der Waals surface area contributed by atoms with Gasteiger partial charge in [-0.1, -0.05) is 57.7 Å². The molecule has 0 aliphatic carbocycles. The Bertz CT molecular complexity index is 901. The second-order valence-electron chi connectivity index (χ2n) is 8.63. The van der Waals surface area contributed by atoms with Gasteiger partial charge in [0.1, 0.15) is 0 Å². The van der Waals surface area contributed by atoms with E-state index in [9.17, 15) is 9.59 Å². The molecule has 9 heteroatoms. The van der Waals surface area contributed by atoms with Crippen molar-refractivity contribution < 1.29 is 14.0 Å². The van der Waals surface area contributed by atoms with Crippen LogP contribution in [0.3, 0.4) is 0 Å². The summed E-state index contributed by atoms with van der Waals surface area (Å²) >= 11 is 1.27. The summed E-state index contributed by atoms with van der Waals surface area (Å²) in [5.41, 5.74) is 1.79. The highest BCUT2D eigenvalue weighted by atomic mass is 32.2. The maximum absolute atomic E-state index is 12.5. The maximum atomic E-state index is 12.5. The summed E-state index contributed by atoms with van der Waals surface area (Å²) in [5.74, 6) is 0.847. The van der Waals surface area contributed by atoms with E-state index in [1.807, 2.05) is 49.9 Å². The van der Waals surface area contributed by atoms with Gasteiger partial charge >= 0.3 is 0 Å². The minimum atomic E-state index is -0.211. The number of nitrogens with one attached hydrogen (secondary N) is 1. The van der Waals surface area contributed by atoms with Crippen LogP contribution in [0.1, 0.15) is 39.1 Å². The smallest absolute Gasteiger partial charge is 0.277 e. The summed E-state index contributed by atoms with van der Waals surface area (Å²) in [6.45, 7) is 11.0. The van der Waals surface area contributed by atoms with Gasteiger partial charge in [-0.05, 0) is 18.1 Å². The molecule has 1 aromatic heterocycles. The molecule has 1 saturated heterocycles. The first-order valence-corrected chi connectivity index (χ1v) is 11.6. The molecule has 8 nitrogen and oxygen atoms in total. The van der Waals surface area contributed by atoms with E-state index in [2.05, 4.69) is 27.3 Å². The number of nitrogens with zero attached hydrogens (tertiary/aromatic N) is 4. The number of rotatable bonds is 7. The number of hydrogen-bond donors (Lipinski definition) is 1. The van der Waals surface area contributed by atoms with Crippen molar-refractivity contribution in [3.8, 4) is 0 Å². The first kappa shape index (κ1) is 23.3. The largest absolute Gasteiger partial charge is 0.415 e. The van der Waals surface area contributed by atoms with E-state index >= 15 is 0 Å². The molecule has 2 aromatic rings. The lowest BCUT2D eigenvalue weighted by Gasteiger charge is -2.34. The van der Waals surface area contributed by atoms with Crippen LogP contribution in [0.2, 0.25) is 0 Å². The number of benzene rings is 1. The molecule has 2 heterocycles. The number of carbonyl (C=O) groups is 2. The predicted molar refractivity (Wildman–Crippen MR) is 121 cm³/mol. The molecule has 168 valence electrons. The number of aromatic nitrogens is 2. The highest BCUT2D eigenvalue weighted by molar-refractivity contribution is 7.99. The van der Waals surface area contributed by atoms with Crippen molar-refractivity contribution in [2.75, 3.05) is 43.8 Å². The molecular formula is C22H31N5O3S. The number of piperazine rings is 1. The van der Waals surface area contributed by atoms with Crippen LogP contribution in [0.25, 0.3) is 0 Å². The highest BCUT2D eigenvalue weighted by Crippen LogP contribution is 2.25. The van der Waals surface area contributed by atoms with Crippen molar-refractivity contribution in [1.82, 2.24) is 20.0 Å². The van der Waals surface area contributed by atoms with Crippen LogP contribution >= 0.6 is 11.8 Å². The molecule has 0 atom stereocenters. The topological polar surface area (TPSA) is 91.6 Å². The molecule has 0 unspecified atom stereocenters. The van der Waals surface area contributed by atoms with Gasteiger partial charge in [-0.25, -0.2) is 0 Å². The zero-order chi connectivity index (χ0) is 22.4. The monoisotopic (exact) mass is 445 g/mol. The lowest BCUT2D eigenvalue weighted by atomic mass is 9.97. The summed E-state index contributed by atoms with van der Waals surface area (Å²) in [6, 6.07) is 7.86. The summed E-state index contributed by atoms with van der Waals surface area (Å²) in [5, 5.41) is 11.5. The third-order valence-electron chi connectivity index (χ3n) is 5.13. The molecule has 1 aliphatic heterocycles. The Morgan fingerprint density at radius 1 is 1.13 bits per heavy atom. The van der Waals surface area contributed by atoms with Gasteiger partial charge in [-0.3, -0.25) is 14.5 Å². The van der Waals surface area contributed by atoms with Gasteiger partial charge in [0.2, 0.25) is 17.7 Å². The standard InChI is InChI=1S/C22H31N5O3S/c1-5-16-8-6-7-9-17(16)23-18(28)14-26-10-12-27(13-11-26)19(29)15-31-21-25-24-20(30-21)22(2,3)4/h6-9H,5,10-15H2,1-4H3,(H,23,28). The molecule has 1 aromatic carbocycles. The van der Waals surface area contributed by atoms with Crippen molar-refractivity contribution in [3.63, 3.8) is 0 Å². The van der Waals surface area contributed by atoms with Gasteiger partial charge in [0.05, 0.1) is 12.3 Å². The average molecular weight is 446 g/mol. The van der Waals surface area contributed by atoms with Gasteiger partial charge < -0.3 is 14.6 Å². The number of anilines is 1. The summed E-state index contributed by atoms with van der Waals surface area (Å²) in [6.07, 6.45) is 0.871. The van der Waals surface area contributed by atoms with E-state index < -0.39 is 0 Å². The lowest BCUT2D eigenvalue weighted by molar-refractivity contribution is -0.130. The van der Waals surface area contributed by atoms with E-state index in [-0.39, 0.29) is 23.0 Å². The molecule has 0 radical (unpaired) electrons. The van der Waals surface area contributed by atoms with E-state index in [0.29, 0.717) is 43.8 Å². The minimum Gasteiger partial charge on any atom is -0.415 e. The van der Waals surface area contributed by atoms with Crippen molar-refractivity contribution >= 4 is 29.3 Å². The van der Waals surface area contributed by atoms with Crippen LogP contribution in [-0.2, 0) is 21.4 Å². The van der Waals surface area contributed by atoms with Gasteiger partial charge in [-0.2, -0.15) is 0 Å². The van der Waals surface area contributed by atoms with Gasteiger partial charge in [0.15, 0.2) is 0 Å². The molecule has 1 N–H and O–H groups in total. The van der Waals surface area contributed by atoms with Crippen LogP contribution in [0.4, 0.5) is 5.69 Å². The number of aryl methyl sites for hydroxylation is 1. The fourth-order valence-electron chi connectivity index (χ4n) is 3.28. The number of carbonyl (C=O) groups excluding carboxylic acids is 2. The van der Waals surface area contributed by atoms with Crippen molar-refractivity contribution in [2.24, 2.45) is 0 Å². The third-order valence-corrected chi connectivity index (χ3v) is 5.93. The first-order valence-electron chi connectivity index (χ1n) is 10.6. The highest BCUT2D eigenvalue weighted by Gasteiger charge is 2.25. The first-order chi connectivity index (χ1) is 14.8. The Labute approximate surface area is 187 Å². The number of thioether (sulfide) groups is 1. The van der Waals surface area contributed by atoms with E-state index in [4.69, 9.17) is 4.42 Å². The average Bonchev–Trinajstić information content (AvgIpc) is 3.22. The Morgan fingerprint density at radius 2 is 1.84 bits per heavy atom. The van der Waals surface area contributed by atoms with E-state index in [1.54, 1.807) is 0 Å². The molecule has 3 rings (SSSR count). The molecule has 0 spiro atoms. The fourth-order valence-corrected chi connectivity index (χ4v) is 3.95. The maximum Gasteiger partial charge on any atom is 0.277 e. The summed E-state index contributed by atoms with van der Waals surface area (Å²) < 4.78 is 5.63. The second-order valence-corrected chi connectivity index (χ2v) is 9.55.